The van der Waals surface area contributed by atoms with Gasteiger partial charge in [0, 0.05) is 24.6 Å². The topological polar surface area (TPSA) is 117 Å². The van der Waals surface area contributed by atoms with Crippen molar-refractivity contribution in [2.24, 2.45) is 5.73 Å². The summed E-state index contributed by atoms with van der Waals surface area (Å²) in [5.74, 6) is 0. The Balaban J connectivity index is 2.25. The molecule has 2 heterocycles. The summed E-state index contributed by atoms with van der Waals surface area (Å²) in [5, 5.41) is 6.16. The fourth-order valence-electron chi connectivity index (χ4n) is 1.21. The number of sulfonamides is 1. The van der Waals surface area contributed by atoms with Crippen LogP contribution in [0.15, 0.2) is 29.6 Å². The van der Waals surface area contributed by atoms with Crippen LogP contribution in [0.1, 0.15) is 5.69 Å². The lowest BCUT2D eigenvalue weighted by Crippen LogP contribution is -2.11. The van der Waals surface area contributed by atoms with E-state index >= 15 is 0 Å². The van der Waals surface area contributed by atoms with E-state index in [1.165, 1.54) is 24.7 Å². The molecule has 8 heteroatoms. The zero-order chi connectivity index (χ0) is 11.6. The van der Waals surface area contributed by atoms with Gasteiger partial charge in [-0.15, -0.1) is 0 Å². The zero-order valence-corrected chi connectivity index (χ0v) is 9.08. The van der Waals surface area contributed by atoms with E-state index in [2.05, 4.69) is 19.9 Å². The summed E-state index contributed by atoms with van der Waals surface area (Å²) in [7, 11) is -3.57. The third kappa shape index (κ3) is 2.07. The molecule has 0 unspecified atom stereocenters. The van der Waals surface area contributed by atoms with Crippen LogP contribution in [-0.4, -0.2) is 23.6 Å². The molecule has 86 valence electrons. The molecule has 7 nitrogen and oxygen atoms in total. The van der Waals surface area contributed by atoms with Crippen LogP contribution in [0.25, 0.3) is 0 Å². The van der Waals surface area contributed by atoms with Gasteiger partial charge in [0.15, 0.2) is 0 Å². The summed E-state index contributed by atoms with van der Waals surface area (Å²) in [6, 6.07) is 1.49. The maximum Gasteiger partial charge on any atom is 0.263 e. The van der Waals surface area contributed by atoms with Crippen molar-refractivity contribution in [3.63, 3.8) is 0 Å². The molecule has 0 aliphatic rings. The molecule has 0 saturated carbocycles. The Kier molecular flexibility index (Phi) is 2.67. The quantitative estimate of drug-likeness (QED) is 0.602. The average Bonchev–Trinajstić information content (AvgIpc) is 2.85. The molecule has 0 atom stereocenters. The number of nitrogens with one attached hydrogen (secondary N) is 3. The molecule has 0 fully saturated rings. The molecule has 2 aromatic rings. The van der Waals surface area contributed by atoms with Gasteiger partial charge in [-0.3, -0.25) is 9.82 Å². The van der Waals surface area contributed by atoms with E-state index in [4.69, 9.17) is 5.73 Å². The van der Waals surface area contributed by atoms with Crippen molar-refractivity contribution in [2.45, 2.75) is 11.4 Å². The molecule has 0 saturated heterocycles. The molecule has 2 aromatic heterocycles. The van der Waals surface area contributed by atoms with Crippen LogP contribution in [0.4, 0.5) is 5.69 Å². The van der Waals surface area contributed by atoms with Gasteiger partial charge in [0.05, 0.1) is 11.9 Å². The number of rotatable bonds is 4. The van der Waals surface area contributed by atoms with E-state index in [1.807, 2.05) is 0 Å². The second-order valence-electron chi connectivity index (χ2n) is 3.16. The van der Waals surface area contributed by atoms with Gasteiger partial charge in [0.2, 0.25) is 0 Å². The maximum atomic E-state index is 11.8. The highest BCUT2D eigenvalue weighted by Gasteiger charge is 2.16. The van der Waals surface area contributed by atoms with Gasteiger partial charge < -0.3 is 10.7 Å². The molecular formula is C8H11N5O2S. The van der Waals surface area contributed by atoms with Gasteiger partial charge in [-0.1, -0.05) is 0 Å². The van der Waals surface area contributed by atoms with Crippen LogP contribution >= 0.6 is 0 Å². The molecule has 0 spiro atoms. The maximum absolute atomic E-state index is 11.8. The predicted octanol–water partition coefficient (Wildman–Crippen LogP) is -0.00270. The summed E-state index contributed by atoms with van der Waals surface area (Å²) in [6.07, 6.45) is 4.23. The van der Waals surface area contributed by atoms with Crippen molar-refractivity contribution in [2.75, 3.05) is 4.72 Å². The highest BCUT2D eigenvalue weighted by atomic mass is 32.2. The van der Waals surface area contributed by atoms with Crippen molar-refractivity contribution in [3.05, 3.63) is 30.4 Å². The van der Waals surface area contributed by atoms with Crippen molar-refractivity contribution in [1.82, 2.24) is 15.2 Å². The van der Waals surface area contributed by atoms with E-state index in [-0.39, 0.29) is 11.4 Å². The Labute approximate surface area is 92.1 Å². The molecule has 0 radical (unpaired) electrons. The molecule has 0 aliphatic carbocycles. The molecule has 0 amide bonds. The number of hydrogen-bond acceptors (Lipinski definition) is 4. The first kappa shape index (κ1) is 10.7. The van der Waals surface area contributed by atoms with Crippen LogP contribution in [0, 0.1) is 0 Å². The van der Waals surface area contributed by atoms with Crippen LogP contribution in [0.5, 0.6) is 0 Å². The first-order chi connectivity index (χ1) is 7.62. The van der Waals surface area contributed by atoms with Gasteiger partial charge in [-0.05, 0) is 6.07 Å². The van der Waals surface area contributed by atoms with Crippen LogP contribution in [-0.2, 0) is 16.6 Å². The molecule has 2 rings (SSSR count). The zero-order valence-electron chi connectivity index (χ0n) is 8.27. The summed E-state index contributed by atoms with van der Waals surface area (Å²) in [6.45, 7) is 0.265. The largest absolute Gasteiger partial charge is 0.363 e. The Bertz CT molecular complexity index is 557. The number of aromatic nitrogens is 3. The fraction of sp³-hybridized carbons (Fsp3) is 0.125. The molecule has 16 heavy (non-hydrogen) atoms. The lowest BCUT2D eigenvalue weighted by atomic mass is 10.4. The summed E-state index contributed by atoms with van der Waals surface area (Å²) in [4.78, 5) is 2.92. The second-order valence-corrected chi connectivity index (χ2v) is 4.84. The minimum atomic E-state index is -3.57. The van der Waals surface area contributed by atoms with Gasteiger partial charge in [0.1, 0.15) is 4.90 Å². The molecule has 0 aromatic carbocycles. The lowest BCUT2D eigenvalue weighted by Gasteiger charge is -2.02. The number of hydrogen-bond donors (Lipinski definition) is 4. The van der Waals surface area contributed by atoms with E-state index in [1.54, 1.807) is 0 Å². The SMILES string of the molecule is NCc1cc(S(=O)(=O)Nc2cn[nH]c2)c[nH]1. The first-order valence-corrected chi connectivity index (χ1v) is 5.99. The third-order valence-corrected chi connectivity index (χ3v) is 3.36. The summed E-state index contributed by atoms with van der Waals surface area (Å²) in [5.41, 5.74) is 6.43. The van der Waals surface area contributed by atoms with Gasteiger partial charge in [0.25, 0.3) is 10.0 Å². The fourth-order valence-corrected chi connectivity index (χ4v) is 2.26. The van der Waals surface area contributed by atoms with E-state index < -0.39 is 10.0 Å². The van der Waals surface area contributed by atoms with Crippen LogP contribution in [0.3, 0.4) is 0 Å². The Morgan fingerprint density at radius 3 is 2.81 bits per heavy atom. The monoisotopic (exact) mass is 241 g/mol. The van der Waals surface area contributed by atoms with E-state index in [0.29, 0.717) is 11.4 Å². The highest BCUT2D eigenvalue weighted by Crippen LogP contribution is 2.15. The Morgan fingerprint density at radius 1 is 1.44 bits per heavy atom. The number of anilines is 1. The number of H-pyrrole nitrogens is 2. The lowest BCUT2D eigenvalue weighted by molar-refractivity contribution is 0.601. The average molecular weight is 241 g/mol. The summed E-state index contributed by atoms with van der Waals surface area (Å²) >= 11 is 0. The van der Waals surface area contributed by atoms with Crippen LogP contribution in [0.2, 0.25) is 0 Å². The molecular weight excluding hydrogens is 230 g/mol. The van der Waals surface area contributed by atoms with E-state index in [0.717, 1.165) is 0 Å². The van der Waals surface area contributed by atoms with Crippen molar-refractivity contribution < 1.29 is 8.42 Å². The van der Waals surface area contributed by atoms with Crippen molar-refractivity contribution in [1.29, 1.82) is 0 Å². The third-order valence-electron chi connectivity index (χ3n) is 2.00. The molecule has 0 bridgehead atoms. The highest BCUT2D eigenvalue weighted by molar-refractivity contribution is 7.92. The minimum absolute atomic E-state index is 0.147. The predicted molar refractivity (Wildman–Crippen MR) is 58.1 cm³/mol. The number of nitrogens with two attached hydrogens (primary N) is 1. The van der Waals surface area contributed by atoms with Crippen molar-refractivity contribution >= 4 is 15.7 Å². The second kappa shape index (κ2) is 3.99. The van der Waals surface area contributed by atoms with Crippen LogP contribution < -0.4 is 10.5 Å². The Morgan fingerprint density at radius 2 is 2.25 bits per heavy atom. The standard InChI is InChI=1S/C8H11N5O2S/c9-2-6-1-8(5-10-6)16(14,15)13-7-3-11-12-4-7/h1,3-5,10,13H,2,9H2,(H,11,12). The minimum Gasteiger partial charge on any atom is -0.363 e. The summed E-state index contributed by atoms with van der Waals surface area (Å²) < 4.78 is 26.0. The molecule has 0 aliphatic heterocycles. The number of nitrogens with zero attached hydrogens (tertiary/aromatic N) is 1. The smallest absolute Gasteiger partial charge is 0.263 e. The normalized spacial score (nSPS) is 11.6. The van der Waals surface area contributed by atoms with Crippen molar-refractivity contribution in [3.8, 4) is 0 Å². The van der Waals surface area contributed by atoms with Gasteiger partial charge in [-0.2, -0.15) is 5.10 Å². The Hall–Kier alpha value is -1.80. The van der Waals surface area contributed by atoms with Gasteiger partial charge >= 0.3 is 0 Å². The van der Waals surface area contributed by atoms with E-state index in [9.17, 15) is 8.42 Å². The molecule has 5 N–H and O–H groups in total. The number of aromatic amines is 2. The van der Waals surface area contributed by atoms with Gasteiger partial charge in [-0.25, -0.2) is 8.42 Å². The first-order valence-electron chi connectivity index (χ1n) is 4.51.